The first-order valence-corrected chi connectivity index (χ1v) is 10.6. The molecule has 5 nitrogen and oxygen atoms in total. The van der Waals surface area contributed by atoms with Gasteiger partial charge in [-0.2, -0.15) is 0 Å². The van der Waals surface area contributed by atoms with Crippen LogP contribution in [0.15, 0.2) is 78.9 Å². The number of ether oxygens (including phenoxy) is 1. The second kappa shape index (κ2) is 9.64. The largest absolute Gasteiger partial charge is 0.497 e. The molecule has 1 heterocycles. The molecular weight excluding hydrogens is 407 g/mol. The Morgan fingerprint density at radius 3 is 2.31 bits per heavy atom. The summed E-state index contributed by atoms with van der Waals surface area (Å²) < 4.78 is 18.4. The molecule has 3 aromatic rings. The molecular formula is C26H25FN2O3. The molecule has 0 radical (unpaired) electrons. The van der Waals surface area contributed by atoms with Crippen molar-refractivity contribution in [3.05, 3.63) is 101 Å². The average Bonchev–Trinajstić information content (AvgIpc) is 3.29. The number of benzene rings is 3. The van der Waals surface area contributed by atoms with Crippen LogP contribution in [0.2, 0.25) is 0 Å². The monoisotopic (exact) mass is 432 g/mol. The van der Waals surface area contributed by atoms with E-state index in [0.717, 1.165) is 16.9 Å². The molecule has 2 amide bonds. The van der Waals surface area contributed by atoms with E-state index >= 15 is 0 Å². The number of likely N-dealkylation sites (tertiary alicyclic amines) is 1. The van der Waals surface area contributed by atoms with Crippen LogP contribution in [-0.4, -0.2) is 36.9 Å². The standard InChI is InChI=1S/C26H25FN2O3/c1-32-22-13-9-19(10-14-22)23-16-29(26(31)20-5-3-2-4-6-20)17-24(23)25(30)28-15-18-7-11-21(27)12-8-18/h2-14,23-24H,15-17H2,1H3,(H,28,30)/t23-,24+/m1/s1. The van der Waals surface area contributed by atoms with E-state index in [-0.39, 0.29) is 23.5 Å². The highest BCUT2D eigenvalue weighted by Gasteiger charge is 2.40. The van der Waals surface area contributed by atoms with Crippen LogP contribution in [0.3, 0.4) is 0 Å². The highest BCUT2D eigenvalue weighted by atomic mass is 19.1. The molecule has 3 aromatic carbocycles. The van der Waals surface area contributed by atoms with Crippen LogP contribution in [0.5, 0.6) is 5.75 Å². The van der Waals surface area contributed by atoms with Crippen molar-refractivity contribution in [1.29, 1.82) is 0 Å². The molecule has 164 valence electrons. The number of hydrogen-bond donors (Lipinski definition) is 1. The Kier molecular flexibility index (Phi) is 6.50. The first-order chi connectivity index (χ1) is 15.5. The molecule has 6 heteroatoms. The number of carbonyl (C=O) groups excluding carboxylic acids is 2. The number of methoxy groups -OCH3 is 1. The van der Waals surface area contributed by atoms with E-state index < -0.39 is 5.92 Å². The zero-order chi connectivity index (χ0) is 22.5. The summed E-state index contributed by atoms with van der Waals surface area (Å²) in [6.45, 7) is 1.09. The van der Waals surface area contributed by atoms with Crippen molar-refractivity contribution in [3.63, 3.8) is 0 Å². The SMILES string of the molecule is COc1ccc([C@H]2CN(C(=O)c3ccccc3)C[C@@H]2C(=O)NCc2ccc(F)cc2)cc1. The van der Waals surface area contributed by atoms with Gasteiger partial charge in [0.25, 0.3) is 5.91 Å². The fraction of sp³-hybridized carbons (Fsp3) is 0.231. The minimum Gasteiger partial charge on any atom is -0.497 e. The molecule has 1 aliphatic heterocycles. The molecule has 2 atom stereocenters. The number of nitrogens with one attached hydrogen (secondary N) is 1. The lowest BCUT2D eigenvalue weighted by Gasteiger charge is -2.18. The summed E-state index contributed by atoms with van der Waals surface area (Å²) >= 11 is 0. The molecule has 0 saturated carbocycles. The topological polar surface area (TPSA) is 58.6 Å². The van der Waals surface area contributed by atoms with Gasteiger partial charge in [-0.25, -0.2) is 4.39 Å². The normalized spacial score (nSPS) is 17.8. The van der Waals surface area contributed by atoms with Gasteiger partial charge >= 0.3 is 0 Å². The van der Waals surface area contributed by atoms with Crippen molar-refractivity contribution in [3.8, 4) is 5.75 Å². The zero-order valence-electron chi connectivity index (χ0n) is 17.8. The van der Waals surface area contributed by atoms with Crippen molar-refractivity contribution in [2.24, 2.45) is 5.92 Å². The maximum atomic E-state index is 13.1. The molecule has 1 saturated heterocycles. The Balaban J connectivity index is 1.53. The molecule has 1 N–H and O–H groups in total. The summed E-state index contributed by atoms with van der Waals surface area (Å²) in [7, 11) is 1.61. The number of hydrogen-bond acceptors (Lipinski definition) is 3. The number of amides is 2. The van der Waals surface area contributed by atoms with Crippen LogP contribution < -0.4 is 10.1 Å². The highest BCUT2D eigenvalue weighted by molar-refractivity contribution is 5.95. The summed E-state index contributed by atoms with van der Waals surface area (Å²) in [6, 6.07) is 22.8. The van der Waals surface area contributed by atoms with Crippen molar-refractivity contribution in [2.45, 2.75) is 12.5 Å². The van der Waals surface area contributed by atoms with Crippen molar-refractivity contribution < 1.29 is 18.7 Å². The van der Waals surface area contributed by atoms with E-state index in [4.69, 9.17) is 4.74 Å². The Bertz CT molecular complexity index is 1070. The lowest BCUT2D eigenvalue weighted by atomic mass is 9.88. The molecule has 1 aliphatic rings. The molecule has 0 unspecified atom stereocenters. The van der Waals surface area contributed by atoms with Crippen LogP contribution in [-0.2, 0) is 11.3 Å². The molecule has 0 bridgehead atoms. The number of halogens is 1. The van der Waals surface area contributed by atoms with Crippen molar-refractivity contribution in [1.82, 2.24) is 10.2 Å². The number of carbonyl (C=O) groups is 2. The van der Waals surface area contributed by atoms with Gasteiger partial charge in [-0.1, -0.05) is 42.5 Å². The Morgan fingerprint density at radius 1 is 0.969 bits per heavy atom. The first kappa shape index (κ1) is 21.6. The smallest absolute Gasteiger partial charge is 0.253 e. The van der Waals surface area contributed by atoms with Gasteiger partial charge in [0.05, 0.1) is 13.0 Å². The first-order valence-electron chi connectivity index (χ1n) is 10.6. The minimum absolute atomic E-state index is 0.0852. The third-order valence-corrected chi connectivity index (χ3v) is 5.89. The summed E-state index contributed by atoms with van der Waals surface area (Å²) in [5, 5.41) is 2.96. The third kappa shape index (κ3) is 4.80. The van der Waals surface area contributed by atoms with Gasteiger partial charge < -0.3 is 15.0 Å². The van der Waals surface area contributed by atoms with Gasteiger partial charge in [0.15, 0.2) is 0 Å². The quantitative estimate of drug-likeness (QED) is 0.640. The Morgan fingerprint density at radius 2 is 1.66 bits per heavy atom. The summed E-state index contributed by atoms with van der Waals surface area (Å²) in [5.41, 5.74) is 2.40. The lowest BCUT2D eigenvalue weighted by molar-refractivity contribution is -0.125. The van der Waals surface area contributed by atoms with Crippen LogP contribution in [0, 0.1) is 11.7 Å². The van der Waals surface area contributed by atoms with Gasteiger partial charge in [-0.05, 0) is 47.5 Å². The van der Waals surface area contributed by atoms with Gasteiger partial charge in [0.1, 0.15) is 11.6 Å². The minimum atomic E-state index is -0.392. The van der Waals surface area contributed by atoms with Crippen LogP contribution >= 0.6 is 0 Å². The van der Waals surface area contributed by atoms with E-state index in [9.17, 15) is 14.0 Å². The van der Waals surface area contributed by atoms with Gasteiger partial charge in [0.2, 0.25) is 5.91 Å². The molecule has 0 aliphatic carbocycles. The van der Waals surface area contributed by atoms with Gasteiger partial charge in [-0.15, -0.1) is 0 Å². The van der Waals surface area contributed by atoms with Gasteiger partial charge in [-0.3, -0.25) is 9.59 Å². The summed E-state index contributed by atoms with van der Waals surface area (Å²) in [6.07, 6.45) is 0. The number of nitrogens with zero attached hydrogens (tertiary/aromatic N) is 1. The predicted octanol–water partition coefficient (Wildman–Crippen LogP) is 4.01. The van der Waals surface area contributed by atoms with Crippen LogP contribution in [0.25, 0.3) is 0 Å². The average molecular weight is 432 g/mol. The maximum Gasteiger partial charge on any atom is 0.253 e. The van der Waals surface area contributed by atoms with E-state index in [1.54, 1.807) is 36.3 Å². The van der Waals surface area contributed by atoms with Crippen molar-refractivity contribution >= 4 is 11.8 Å². The second-order valence-electron chi connectivity index (χ2n) is 7.91. The fourth-order valence-electron chi connectivity index (χ4n) is 4.11. The third-order valence-electron chi connectivity index (χ3n) is 5.89. The molecule has 0 spiro atoms. The van der Waals surface area contributed by atoms with Crippen molar-refractivity contribution in [2.75, 3.05) is 20.2 Å². The van der Waals surface area contributed by atoms with E-state index in [1.165, 1.54) is 12.1 Å². The molecule has 4 rings (SSSR count). The van der Waals surface area contributed by atoms with Crippen LogP contribution in [0.4, 0.5) is 4.39 Å². The fourth-order valence-corrected chi connectivity index (χ4v) is 4.11. The van der Waals surface area contributed by atoms with E-state index in [1.807, 2.05) is 42.5 Å². The van der Waals surface area contributed by atoms with E-state index in [2.05, 4.69) is 5.32 Å². The lowest BCUT2D eigenvalue weighted by Crippen LogP contribution is -2.35. The molecule has 0 aromatic heterocycles. The summed E-state index contributed by atoms with van der Waals surface area (Å²) in [4.78, 5) is 27.9. The van der Waals surface area contributed by atoms with E-state index in [0.29, 0.717) is 25.2 Å². The molecule has 1 fully saturated rings. The Labute approximate surface area is 186 Å². The van der Waals surface area contributed by atoms with Crippen LogP contribution in [0.1, 0.15) is 27.4 Å². The number of rotatable bonds is 6. The summed E-state index contributed by atoms with van der Waals surface area (Å²) in [5.74, 6) is -0.318. The second-order valence-corrected chi connectivity index (χ2v) is 7.91. The molecule has 32 heavy (non-hydrogen) atoms. The predicted molar refractivity (Wildman–Crippen MR) is 120 cm³/mol. The van der Waals surface area contributed by atoms with Gasteiger partial charge in [0, 0.05) is 31.1 Å². The zero-order valence-corrected chi connectivity index (χ0v) is 17.8. The highest BCUT2D eigenvalue weighted by Crippen LogP contribution is 2.34. The maximum absolute atomic E-state index is 13.1. The Hall–Kier alpha value is -3.67.